The fourth-order valence-corrected chi connectivity index (χ4v) is 1.56. The lowest BCUT2D eigenvalue weighted by Crippen LogP contribution is -2.14. The van der Waals surface area contributed by atoms with Crippen molar-refractivity contribution in [2.24, 2.45) is 0 Å². The van der Waals surface area contributed by atoms with E-state index < -0.39 is 35.7 Å². The highest BCUT2D eigenvalue weighted by Crippen LogP contribution is 2.32. The van der Waals surface area contributed by atoms with Gasteiger partial charge in [-0.15, -0.1) is 0 Å². The van der Waals surface area contributed by atoms with E-state index in [4.69, 9.17) is 0 Å². The number of ketones is 1. The number of hydrogen-bond acceptors (Lipinski definition) is 3. The fourth-order valence-electron chi connectivity index (χ4n) is 1.56. The van der Waals surface area contributed by atoms with Crippen molar-refractivity contribution >= 4 is 11.8 Å². The first-order valence-corrected chi connectivity index (χ1v) is 5.77. The summed E-state index contributed by atoms with van der Waals surface area (Å²) in [6, 6.07) is 2.29. The summed E-state index contributed by atoms with van der Waals surface area (Å²) in [5.74, 6) is -2.74. The number of carbonyl (C=O) groups excluding carboxylic acids is 2. The number of halogens is 4. The zero-order valence-corrected chi connectivity index (χ0v) is 10.6. The molecule has 0 unspecified atom stereocenters. The lowest BCUT2D eigenvalue weighted by Gasteiger charge is -2.09. The maximum Gasteiger partial charge on any atom is 0.419 e. The Morgan fingerprint density at radius 2 is 1.90 bits per heavy atom. The molecule has 0 aromatic heterocycles. The van der Waals surface area contributed by atoms with E-state index in [0.717, 1.165) is 6.07 Å². The molecule has 0 radical (unpaired) electrons. The minimum Gasteiger partial charge on any atom is -0.466 e. The average molecular weight is 292 g/mol. The lowest BCUT2D eigenvalue weighted by atomic mass is 10.0. The van der Waals surface area contributed by atoms with Gasteiger partial charge in [0.15, 0.2) is 0 Å². The van der Waals surface area contributed by atoms with Crippen molar-refractivity contribution < 1.29 is 31.9 Å². The van der Waals surface area contributed by atoms with Gasteiger partial charge in [0.2, 0.25) is 0 Å². The summed E-state index contributed by atoms with van der Waals surface area (Å²) in [6.45, 7) is 1.68. The molecular formula is C13H12F4O3. The van der Waals surface area contributed by atoms with Crippen LogP contribution in [-0.2, 0) is 26.9 Å². The Hall–Kier alpha value is -1.92. The normalized spacial score (nSPS) is 11.2. The van der Waals surface area contributed by atoms with Crippen LogP contribution in [0.3, 0.4) is 0 Å². The molecule has 0 amide bonds. The molecule has 0 fully saturated rings. The van der Waals surface area contributed by atoms with Gasteiger partial charge in [-0.1, -0.05) is 6.07 Å². The number of Topliss-reactive ketones (excluding diaryl/α,β-unsaturated/α-hetero) is 1. The molecule has 0 saturated carbocycles. The van der Waals surface area contributed by atoms with Gasteiger partial charge in [0.1, 0.15) is 18.0 Å². The average Bonchev–Trinajstić information content (AvgIpc) is 2.30. The van der Waals surface area contributed by atoms with Gasteiger partial charge in [0, 0.05) is 6.42 Å². The molecule has 20 heavy (non-hydrogen) atoms. The predicted molar refractivity (Wildman–Crippen MR) is 61.4 cm³/mol. The second kappa shape index (κ2) is 6.49. The van der Waals surface area contributed by atoms with Crippen molar-refractivity contribution in [3.8, 4) is 0 Å². The Kier molecular flexibility index (Phi) is 5.24. The number of hydrogen-bond donors (Lipinski definition) is 0. The first kappa shape index (κ1) is 16.1. The number of ether oxygens (including phenoxy) is 1. The highest BCUT2D eigenvalue weighted by Gasteiger charge is 2.34. The summed E-state index contributed by atoms with van der Waals surface area (Å²) in [5.41, 5.74) is -1.44. The largest absolute Gasteiger partial charge is 0.466 e. The van der Waals surface area contributed by atoms with Crippen LogP contribution in [0.1, 0.15) is 24.5 Å². The van der Waals surface area contributed by atoms with Crippen molar-refractivity contribution in [1.82, 2.24) is 0 Å². The molecule has 0 bridgehead atoms. The van der Waals surface area contributed by atoms with Crippen LogP contribution in [0.4, 0.5) is 17.6 Å². The fraction of sp³-hybridized carbons (Fsp3) is 0.385. The first-order valence-electron chi connectivity index (χ1n) is 5.77. The van der Waals surface area contributed by atoms with Gasteiger partial charge in [-0.3, -0.25) is 9.59 Å². The topological polar surface area (TPSA) is 43.4 Å². The van der Waals surface area contributed by atoms with Crippen LogP contribution in [0.15, 0.2) is 18.2 Å². The molecule has 0 atom stereocenters. The molecule has 0 aliphatic carbocycles. The standard InChI is InChI=1S/C13H12F4O3/c1-2-20-12(19)7-9(18)5-8-3-4-11(14)10(6-8)13(15,16)17/h3-4,6H,2,5,7H2,1H3. The van der Waals surface area contributed by atoms with Gasteiger partial charge in [0.25, 0.3) is 0 Å². The van der Waals surface area contributed by atoms with E-state index in [0.29, 0.717) is 12.1 Å². The molecule has 110 valence electrons. The molecule has 0 heterocycles. The summed E-state index contributed by atoms with van der Waals surface area (Å²) in [6.07, 6.45) is -5.74. The SMILES string of the molecule is CCOC(=O)CC(=O)Cc1ccc(F)c(C(F)(F)F)c1. The van der Waals surface area contributed by atoms with Gasteiger partial charge < -0.3 is 4.74 Å². The zero-order valence-electron chi connectivity index (χ0n) is 10.6. The highest BCUT2D eigenvalue weighted by atomic mass is 19.4. The van der Waals surface area contributed by atoms with Crippen molar-refractivity contribution in [1.29, 1.82) is 0 Å². The summed E-state index contributed by atoms with van der Waals surface area (Å²) >= 11 is 0. The van der Waals surface area contributed by atoms with E-state index >= 15 is 0 Å². The van der Waals surface area contributed by atoms with E-state index in [1.807, 2.05) is 0 Å². The van der Waals surface area contributed by atoms with Crippen LogP contribution in [-0.4, -0.2) is 18.4 Å². The van der Waals surface area contributed by atoms with Crippen LogP contribution in [0.25, 0.3) is 0 Å². The Morgan fingerprint density at radius 3 is 2.45 bits per heavy atom. The molecule has 1 aromatic carbocycles. The third kappa shape index (κ3) is 4.64. The van der Waals surface area contributed by atoms with Crippen LogP contribution in [0.2, 0.25) is 0 Å². The Labute approximate surface area is 112 Å². The van der Waals surface area contributed by atoms with Crippen molar-refractivity contribution in [2.45, 2.75) is 25.9 Å². The number of benzene rings is 1. The third-order valence-corrected chi connectivity index (χ3v) is 2.38. The van der Waals surface area contributed by atoms with Crippen LogP contribution >= 0.6 is 0 Å². The summed E-state index contributed by atoms with van der Waals surface area (Å²) < 4.78 is 55.0. The van der Waals surface area contributed by atoms with Crippen LogP contribution in [0, 0.1) is 5.82 Å². The predicted octanol–water partition coefficient (Wildman–Crippen LogP) is 2.91. The van der Waals surface area contributed by atoms with E-state index in [1.54, 1.807) is 6.92 Å². The Balaban J connectivity index is 2.79. The number of rotatable bonds is 5. The van der Waals surface area contributed by atoms with Crippen molar-refractivity contribution in [3.63, 3.8) is 0 Å². The van der Waals surface area contributed by atoms with Crippen LogP contribution < -0.4 is 0 Å². The molecule has 0 aliphatic heterocycles. The second-order valence-corrected chi connectivity index (χ2v) is 4.01. The minimum atomic E-state index is -4.83. The molecule has 7 heteroatoms. The summed E-state index contributed by atoms with van der Waals surface area (Å²) in [5, 5.41) is 0. The molecule has 1 rings (SSSR count). The monoisotopic (exact) mass is 292 g/mol. The molecule has 0 saturated heterocycles. The highest BCUT2D eigenvalue weighted by molar-refractivity contribution is 5.96. The summed E-state index contributed by atoms with van der Waals surface area (Å²) in [7, 11) is 0. The lowest BCUT2D eigenvalue weighted by molar-refractivity contribution is -0.145. The maximum atomic E-state index is 13.0. The van der Waals surface area contributed by atoms with E-state index in [1.165, 1.54) is 0 Å². The Morgan fingerprint density at radius 1 is 1.25 bits per heavy atom. The maximum absolute atomic E-state index is 13.0. The molecular weight excluding hydrogens is 280 g/mol. The quantitative estimate of drug-likeness (QED) is 0.476. The van der Waals surface area contributed by atoms with Crippen molar-refractivity contribution in [3.05, 3.63) is 35.1 Å². The van der Waals surface area contributed by atoms with Gasteiger partial charge >= 0.3 is 12.1 Å². The molecule has 0 N–H and O–H groups in total. The number of esters is 1. The van der Waals surface area contributed by atoms with E-state index in [2.05, 4.69) is 4.74 Å². The van der Waals surface area contributed by atoms with Gasteiger partial charge in [-0.25, -0.2) is 4.39 Å². The second-order valence-electron chi connectivity index (χ2n) is 4.01. The minimum absolute atomic E-state index is 0.00646. The van der Waals surface area contributed by atoms with E-state index in [-0.39, 0.29) is 18.6 Å². The molecule has 3 nitrogen and oxygen atoms in total. The smallest absolute Gasteiger partial charge is 0.419 e. The van der Waals surface area contributed by atoms with Gasteiger partial charge in [-0.05, 0) is 24.6 Å². The molecule has 1 aromatic rings. The zero-order chi connectivity index (χ0) is 15.3. The Bertz CT molecular complexity index is 509. The third-order valence-electron chi connectivity index (χ3n) is 2.38. The van der Waals surface area contributed by atoms with E-state index in [9.17, 15) is 27.2 Å². The molecule has 0 aliphatic rings. The van der Waals surface area contributed by atoms with Gasteiger partial charge in [0.05, 0.1) is 12.2 Å². The van der Waals surface area contributed by atoms with Crippen LogP contribution in [0.5, 0.6) is 0 Å². The molecule has 0 spiro atoms. The number of alkyl halides is 3. The van der Waals surface area contributed by atoms with Crippen molar-refractivity contribution in [2.75, 3.05) is 6.61 Å². The first-order chi connectivity index (χ1) is 9.24. The van der Waals surface area contributed by atoms with Gasteiger partial charge in [-0.2, -0.15) is 13.2 Å². The summed E-state index contributed by atoms with van der Waals surface area (Å²) in [4.78, 5) is 22.5. The number of carbonyl (C=O) groups is 2.